The van der Waals surface area contributed by atoms with E-state index in [-0.39, 0.29) is 35.1 Å². The van der Waals surface area contributed by atoms with E-state index in [1.807, 2.05) is 6.07 Å². The molecule has 3 saturated carbocycles. The molecule has 3 aliphatic carbocycles. The second-order valence-electron chi connectivity index (χ2n) is 6.74. The Kier molecular flexibility index (Phi) is 2.35. The first-order valence-electron chi connectivity index (χ1n) is 7.25. The Bertz CT molecular complexity index is 582. The SMILES string of the molecule is O=C(NC[C@]1(CO)C[C@H]1c1ccccc1F)C12CC1C2. The van der Waals surface area contributed by atoms with Gasteiger partial charge in [0.1, 0.15) is 5.82 Å². The number of amides is 1. The normalized spacial score (nSPS) is 39.9. The molecule has 0 bridgehead atoms. The lowest BCUT2D eigenvalue weighted by Gasteiger charge is -2.16. The van der Waals surface area contributed by atoms with Gasteiger partial charge in [-0.2, -0.15) is 0 Å². The van der Waals surface area contributed by atoms with Gasteiger partial charge in [-0.3, -0.25) is 4.79 Å². The van der Waals surface area contributed by atoms with E-state index in [1.165, 1.54) is 6.07 Å². The molecular weight excluding hydrogens is 257 g/mol. The summed E-state index contributed by atoms with van der Waals surface area (Å²) in [6, 6.07) is 6.71. The largest absolute Gasteiger partial charge is 0.396 e. The summed E-state index contributed by atoms with van der Waals surface area (Å²) in [5.41, 5.74) is 0.247. The Morgan fingerprint density at radius 2 is 2.05 bits per heavy atom. The Hall–Kier alpha value is -1.42. The molecule has 0 saturated heterocycles. The van der Waals surface area contributed by atoms with E-state index in [9.17, 15) is 14.3 Å². The van der Waals surface area contributed by atoms with Crippen molar-refractivity contribution in [3.63, 3.8) is 0 Å². The first kappa shape index (κ1) is 12.3. The molecule has 0 unspecified atom stereocenters. The fraction of sp³-hybridized carbons (Fsp3) is 0.562. The van der Waals surface area contributed by atoms with Crippen molar-refractivity contribution in [3.8, 4) is 0 Å². The first-order valence-corrected chi connectivity index (χ1v) is 7.25. The van der Waals surface area contributed by atoms with Gasteiger partial charge < -0.3 is 10.4 Å². The summed E-state index contributed by atoms with van der Waals surface area (Å²) in [5, 5.41) is 12.6. The number of aliphatic hydroxyl groups excluding tert-OH is 1. The zero-order valence-electron chi connectivity index (χ0n) is 11.2. The molecule has 1 amide bonds. The van der Waals surface area contributed by atoms with Gasteiger partial charge in [0.05, 0.1) is 12.0 Å². The second kappa shape index (κ2) is 3.82. The fourth-order valence-corrected chi connectivity index (χ4v) is 3.48. The summed E-state index contributed by atoms with van der Waals surface area (Å²) in [5.74, 6) is 0.548. The van der Waals surface area contributed by atoms with Gasteiger partial charge in [0.15, 0.2) is 0 Å². The van der Waals surface area contributed by atoms with Gasteiger partial charge in [-0.25, -0.2) is 4.39 Å². The van der Waals surface area contributed by atoms with E-state index in [0.29, 0.717) is 18.0 Å². The highest BCUT2D eigenvalue weighted by Crippen LogP contribution is 2.75. The highest BCUT2D eigenvalue weighted by Gasteiger charge is 2.74. The zero-order chi connectivity index (χ0) is 14.0. The summed E-state index contributed by atoms with van der Waals surface area (Å²) in [7, 11) is 0. The molecule has 0 heterocycles. The van der Waals surface area contributed by atoms with E-state index in [2.05, 4.69) is 5.32 Å². The Balaban J connectivity index is 1.43. The molecule has 4 heteroatoms. The molecule has 3 nitrogen and oxygen atoms in total. The van der Waals surface area contributed by atoms with Crippen molar-refractivity contribution in [3.05, 3.63) is 35.6 Å². The van der Waals surface area contributed by atoms with Crippen LogP contribution in [0.3, 0.4) is 0 Å². The molecule has 106 valence electrons. The number of carbonyl (C=O) groups is 1. The van der Waals surface area contributed by atoms with E-state index in [4.69, 9.17) is 0 Å². The number of hydrogen-bond donors (Lipinski definition) is 2. The Morgan fingerprint density at radius 3 is 2.65 bits per heavy atom. The molecule has 0 spiro atoms. The van der Waals surface area contributed by atoms with Crippen LogP contribution in [-0.2, 0) is 4.79 Å². The van der Waals surface area contributed by atoms with Crippen molar-refractivity contribution in [1.82, 2.24) is 5.32 Å². The van der Waals surface area contributed by atoms with Crippen LogP contribution in [0.2, 0.25) is 0 Å². The molecule has 0 aromatic heterocycles. The highest BCUT2D eigenvalue weighted by molar-refractivity contribution is 5.90. The molecule has 20 heavy (non-hydrogen) atoms. The average Bonchev–Trinajstić information content (AvgIpc) is 3.30. The molecule has 2 N–H and O–H groups in total. The first-order chi connectivity index (χ1) is 9.61. The van der Waals surface area contributed by atoms with Gasteiger partial charge in [0.25, 0.3) is 0 Å². The summed E-state index contributed by atoms with van der Waals surface area (Å²) in [6.45, 7) is 0.443. The molecular formula is C16H18FNO2. The fourth-order valence-electron chi connectivity index (χ4n) is 3.48. The van der Waals surface area contributed by atoms with E-state index < -0.39 is 0 Å². The quantitative estimate of drug-likeness (QED) is 0.861. The lowest BCUT2D eigenvalue weighted by atomic mass is 9.99. The van der Waals surface area contributed by atoms with Gasteiger partial charge >= 0.3 is 0 Å². The molecule has 1 aromatic carbocycles. The minimum Gasteiger partial charge on any atom is -0.396 e. The van der Waals surface area contributed by atoms with Crippen molar-refractivity contribution in [2.24, 2.45) is 16.7 Å². The molecule has 4 rings (SSSR count). The number of aliphatic hydroxyl groups is 1. The van der Waals surface area contributed by atoms with Crippen LogP contribution in [0.5, 0.6) is 0 Å². The van der Waals surface area contributed by atoms with Crippen LogP contribution < -0.4 is 5.32 Å². The topological polar surface area (TPSA) is 49.3 Å². The number of carbonyl (C=O) groups excluding carboxylic acids is 1. The number of benzene rings is 1. The molecule has 1 aromatic rings. The van der Waals surface area contributed by atoms with Crippen LogP contribution in [0.25, 0.3) is 0 Å². The number of rotatable bonds is 5. The minimum atomic E-state index is -0.367. The van der Waals surface area contributed by atoms with Crippen molar-refractivity contribution < 1.29 is 14.3 Å². The molecule has 0 aliphatic heterocycles. The van der Waals surface area contributed by atoms with Crippen molar-refractivity contribution >= 4 is 5.91 Å². The molecule has 3 aliphatic rings. The maximum absolute atomic E-state index is 13.8. The summed E-state index contributed by atoms with van der Waals surface area (Å²) >= 11 is 0. The summed E-state index contributed by atoms with van der Waals surface area (Å²) < 4.78 is 13.8. The highest BCUT2D eigenvalue weighted by atomic mass is 19.1. The lowest BCUT2D eigenvalue weighted by Crippen LogP contribution is -2.35. The van der Waals surface area contributed by atoms with Crippen LogP contribution in [0.15, 0.2) is 24.3 Å². The Morgan fingerprint density at radius 1 is 1.35 bits per heavy atom. The van der Waals surface area contributed by atoms with Gasteiger partial charge in [-0.15, -0.1) is 0 Å². The Labute approximate surface area is 117 Å². The van der Waals surface area contributed by atoms with Crippen LogP contribution in [0.1, 0.15) is 30.7 Å². The summed E-state index contributed by atoms with van der Waals surface area (Å²) in [4.78, 5) is 12.0. The predicted octanol–water partition coefficient (Wildman–Crippen LogP) is 1.82. The van der Waals surface area contributed by atoms with Gasteiger partial charge in [-0.1, -0.05) is 18.2 Å². The molecule has 3 fully saturated rings. The van der Waals surface area contributed by atoms with E-state index >= 15 is 0 Å². The minimum absolute atomic E-state index is 0.0112. The number of halogens is 1. The lowest BCUT2D eigenvalue weighted by molar-refractivity contribution is -0.124. The van der Waals surface area contributed by atoms with Gasteiger partial charge in [0, 0.05) is 12.0 Å². The van der Waals surface area contributed by atoms with Crippen molar-refractivity contribution in [1.29, 1.82) is 0 Å². The van der Waals surface area contributed by atoms with Crippen molar-refractivity contribution in [2.45, 2.75) is 25.2 Å². The predicted molar refractivity (Wildman–Crippen MR) is 71.4 cm³/mol. The third-order valence-electron chi connectivity index (χ3n) is 5.52. The van der Waals surface area contributed by atoms with Crippen molar-refractivity contribution in [2.75, 3.05) is 13.2 Å². The number of nitrogens with one attached hydrogen (secondary N) is 1. The van der Waals surface area contributed by atoms with Gasteiger partial charge in [0.2, 0.25) is 5.91 Å². The third-order valence-corrected chi connectivity index (χ3v) is 5.52. The molecule has 2 atom stereocenters. The molecule has 0 radical (unpaired) electrons. The van der Waals surface area contributed by atoms with Crippen LogP contribution in [-0.4, -0.2) is 24.2 Å². The number of fused-ring (bicyclic) bond motifs is 1. The van der Waals surface area contributed by atoms with Gasteiger partial charge in [-0.05, 0) is 42.7 Å². The smallest absolute Gasteiger partial charge is 0.226 e. The maximum atomic E-state index is 13.8. The van der Waals surface area contributed by atoms with Crippen LogP contribution >= 0.6 is 0 Å². The zero-order valence-corrected chi connectivity index (χ0v) is 11.2. The second-order valence-corrected chi connectivity index (χ2v) is 6.74. The van der Waals surface area contributed by atoms with Crippen LogP contribution in [0, 0.1) is 22.6 Å². The van der Waals surface area contributed by atoms with E-state index in [1.54, 1.807) is 12.1 Å². The van der Waals surface area contributed by atoms with Crippen LogP contribution in [0.4, 0.5) is 4.39 Å². The standard InChI is InChI=1S/C16H18FNO2/c17-13-4-2-1-3-11(13)12-7-15(12,9-19)8-18-14(20)16-5-10(16)6-16/h1-4,10,12,19H,5-9H2,(H,18,20)/t10?,12-,15-,16?/m0/s1. The summed E-state index contributed by atoms with van der Waals surface area (Å²) in [6.07, 6.45) is 2.80. The number of hydrogen-bond acceptors (Lipinski definition) is 2. The van der Waals surface area contributed by atoms with E-state index in [0.717, 1.165) is 19.3 Å². The average molecular weight is 275 g/mol. The maximum Gasteiger partial charge on any atom is 0.226 e. The monoisotopic (exact) mass is 275 g/mol. The third kappa shape index (κ3) is 1.64.